The second kappa shape index (κ2) is 7.61. The highest BCUT2D eigenvalue weighted by molar-refractivity contribution is 5.32. The largest absolute Gasteiger partial charge is 0.494 e. The van der Waals surface area contributed by atoms with Crippen molar-refractivity contribution in [1.82, 2.24) is 10.4 Å². The molecule has 5 heteroatoms. The summed E-state index contributed by atoms with van der Waals surface area (Å²) in [4.78, 5) is 4.21. The maximum absolute atomic E-state index is 5.70. The number of nitrogens with zero attached hydrogens (tertiary/aromatic N) is 1. The van der Waals surface area contributed by atoms with Gasteiger partial charge in [-0.25, -0.2) is 4.98 Å². The average molecular weight is 287 g/mol. The number of rotatable bonds is 7. The van der Waals surface area contributed by atoms with Crippen LogP contribution in [0.5, 0.6) is 11.6 Å². The smallest absolute Gasteiger partial charge is 0.212 e. The van der Waals surface area contributed by atoms with E-state index in [2.05, 4.69) is 10.4 Å². The molecule has 1 atom stereocenters. The molecule has 112 valence electrons. The third-order valence-corrected chi connectivity index (χ3v) is 3.22. The normalized spacial score (nSPS) is 12.0. The van der Waals surface area contributed by atoms with Crippen molar-refractivity contribution < 1.29 is 9.47 Å². The van der Waals surface area contributed by atoms with Crippen molar-refractivity contribution in [3.05, 3.63) is 53.7 Å². The Morgan fingerprint density at radius 2 is 2.14 bits per heavy atom. The van der Waals surface area contributed by atoms with Crippen LogP contribution in [-0.4, -0.2) is 18.7 Å². The fourth-order valence-corrected chi connectivity index (χ4v) is 2.15. The Balaban J connectivity index is 2.12. The van der Waals surface area contributed by atoms with E-state index in [0.717, 1.165) is 23.3 Å². The number of nitrogens with one attached hydrogen (secondary N) is 1. The van der Waals surface area contributed by atoms with Gasteiger partial charge in [0.2, 0.25) is 5.88 Å². The van der Waals surface area contributed by atoms with E-state index in [-0.39, 0.29) is 6.04 Å². The summed E-state index contributed by atoms with van der Waals surface area (Å²) < 4.78 is 10.6. The lowest BCUT2D eigenvalue weighted by Crippen LogP contribution is -2.29. The van der Waals surface area contributed by atoms with Gasteiger partial charge >= 0.3 is 0 Å². The van der Waals surface area contributed by atoms with Crippen LogP contribution in [-0.2, 0) is 6.42 Å². The second-order valence-electron chi connectivity index (χ2n) is 4.64. The number of hydrazine groups is 1. The van der Waals surface area contributed by atoms with E-state index in [0.29, 0.717) is 12.5 Å². The van der Waals surface area contributed by atoms with Crippen LogP contribution in [0.2, 0.25) is 0 Å². The second-order valence-corrected chi connectivity index (χ2v) is 4.64. The summed E-state index contributed by atoms with van der Waals surface area (Å²) in [6.07, 6.45) is 2.54. The predicted octanol–water partition coefficient (Wildman–Crippen LogP) is 2.24. The maximum Gasteiger partial charge on any atom is 0.212 e. The molecule has 1 aromatic heterocycles. The van der Waals surface area contributed by atoms with Gasteiger partial charge in [0.05, 0.1) is 19.8 Å². The van der Waals surface area contributed by atoms with Gasteiger partial charge in [0.1, 0.15) is 5.75 Å². The van der Waals surface area contributed by atoms with E-state index < -0.39 is 0 Å². The minimum atomic E-state index is 0.000557. The third kappa shape index (κ3) is 4.18. The van der Waals surface area contributed by atoms with E-state index >= 15 is 0 Å². The lowest BCUT2D eigenvalue weighted by molar-refractivity contribution is 0.339. The Kier molecular flexibility index (Phi) is 5.54. The molecule has 2 rings (SSSR count). The Hall–Kier alpha value is -2.11. The topological polar surface area (TPSA) is 69.4 Å². The lowest BCUT2D eigenvalue weighted by atomic mass is 10.0. The fourth-order valence-electron chi connectivity index (χ4n) is 2.15. The molecule has 0 aliphatic carbocycles. The molecular formula is C16H21N3O2. The number of hydrogen-bond acceptors (Lipinski definition) is 5. The predicted molar refractivity (Wildman–Crippen MR) is 82.2 cm³/mol. The number of methoxy groups -OCH3 is 1. The molecule has 0 aliphatic rings. The van der Waals surface area contributed by atoms with Crippen molar-refractivity contribution in [2.24, 2.45) is 5.84 Å². The Morgan fingerprint density at radius 3 is 2.76 bits per heavy atom. The number of nitrogens with two attached hydrogens (primary N) is 1. The van der Waals surface area contributed by atoms with Crippen LogP contribution in [0.4, 0.5) is 0 Å². The van der Waals surface area contributed by atoms with Crippen LogP contribution in [0.1, 0.15) is 24.1 Å². The van der Waals surface area contributed by atoms with Crippen molar-refractivity contribution in [3.63, 3.8) is 0 Å². The highest BCUT2D eigenvalue weighted by atomic mass is 16.5. The molecule has 0 fully saturated rings. The molecule has 1 heterocycles. The lowest BCUT2D eigenvalue weighted by Gasteiger charge is -2.17. The minimum Gasteiger partial charge on any atom is -0.494 e. The van der Waals surface area contributed by atoms with E-state index in [1.165, 1.54) is 0 Å². The van der Waals surface area contributed by atoms with Gasteiger partial charge in [0.25, 0.3) is 0 Å². The molecule has 0 bridgehead atoms. The standard InChI is InChI=1S/C16H21N3O2/c1-3-21-14-6-4-5-13(10-14)15(19-17)9-12-7-8-16(20-2)18-11-12/h4-8,10-11,15,19H,3,9,17H2,1-2H3. The zero-order valence-electron chi connectivity index (χ0n) is 12.4. The summed E-state index contributed by atoms with van der Waals surface area (Å²) in [7, 11) is 1.60. The SMILES string of the molecule is CCOc1cccc(C(Cc2ccc(OC)nc2)NN)c1. The van der Waals surface area contributed by atoms with E-state index in [9.17, 15) is 0 Å². The molecule has 5 nitrogen and oxygen atoms in total. The Labute approximate surface area is 125 Å². The van der Waals surface area contributed by atoms with Crippen molar-refractivity contribution in [2.75, 3.05) is 13.7 Å². The number of hydrogen-bond donors (Lipinski definition) is 2. The van der Waals surface area contributed by atoms with Crippen molar-refractivity contribution in [2.45, 2.75) is 19.4 Å². The van der Waals surface area contributed by atoms with E-state index in [1.807, 2.05) is 43.3 Å². The first kappa shape index (κ1) is 15.3. The van der Waals surface area contributed by atoms with Crippen LogP contribution in [0.15, 0.2) is 42.6 Å². The van der Waals surface area contributed by atoms with Crippen LogP contribution in [0, 0.1) is 0 Å². The first-order valence-corrected chi connectivity index (χ1v) is 6.94. The van der Waals surface area contributed by atoms with Crippen LogP contribution < -0.4 is 20.7 Å². The zero-order valence-corrected chi connectivity index (χ0v) is 12.4. The number of aromatic nitrogens is 1. The third-order valence-electron chi connectivity index (χ3n) is 3.22. The molecule has 0 saturated heterocycles. The van der Waals surface area contributed by atoms with Crippen molar-refractivity contribution in [1.29, 1.82) is 0 Å². The highest BCUT2D eigenvalue weighted by Crippen LogP contribution is 2.22. The molecule has 3 N–H and O–H groups in total. The summed E-state index contributed by atoms with van der Waals surface area (Å²) >= 11 is 0. The van der Waals surface area contributed by atoms with Crippen molar-refractivity contribution >= 4 is 0 Å². The monoisotopic (exact) mass is 287 g/mol. The number of pyridine rings is 1. The first-order valence-electron chi connectivity index (χ1n) is 6.94. The maximum atomic E-state index is 5.70. The minimum absolute atomic E-state index is 0.000557. The van der Waals surface area contributed by atoms with Crippen LogP contribution >= 0.6 is 0 Å². The first-order chi connectivity index (χ1) is 10.3. The summed E-state index contributed by atoms with van der Waals surface area (Å²) in [6, 6.07) is 11.8. The van der Waals surface area contributed by atoms with Gasteiger partial charge in [-0.2, -0.15) is 0 Å². The summed E-state index contributed by atoms with van der Waals surface area (Å²) in [6.45, 7) is 2.61. The van der Waals surface area contributed by atoms with Gasteiger partial charge < -0.3 is 9.47 Å². The van der Waals surface area contributed by atoms with Crippen LogP contribution in [0.25, 0.3) is 0 Å². The molecule has 21 heavy (non-hydrogen) atoms. The fraction of sp³-hybridized carbons (Fsp3) is 0.312. The Morgan fingerprint density at radius 1 is 1.29 bits per heavy atom. The van der Waals surface area contributed by atoms with Gasteiger partial charge in [-0.1, -0.05) is 18.2 Å². The molecular weight excluding hydrogens is 266 g/mol. The Bertz CT molecular complexity index is 558. The summed E-state index contributed by atoms with van der Waals surface area (Å²) in [5.74, 6) is 7.15. The highest BCUT2D eigenvalue weighted by Gasteiger charge is 2.12. The average Bonchev–Trinajstić information content (AvgIpc) is 2.54. The number of benzene rings is 1. The molecule has 0 amide bonds. The molecule has 1 unspecified atom stereocenters. The van der Waals surface area contributed by atoms with Gasteiger partial charge in [0, 0.05) is 12.3 Å². The zero-order chi connectivity index (χ0) is 15.1. The number of ether oxygens (including phenoxy) is 2. The molecule has 0 aliphatic heterocycles. The molecule has 0 radical (unpaired) electrons. The quantitative estimate of drug-likeness (QED) is 0.604. The molecule has 1 aromatic carbocycles. The van der Waals surface area contributed by atoms with Gasteiger partial charge in [-0.3, -0.25) is 11.3 Å². The molecule has 0 spiro atoms. The van der Waals surface area contributed by atoms with Crippen molar-refractivity contribution in [3.8, 4) is 11.6 Å². The van der Waals surface area contributed by atoms with Gasteiger partial charge in [-0.15, -0.1) is 0 Å². The van der Waals surface area contributed by atoms with E-state index in [4.69, 9.17) is 15.3 Å². The van der Waals surface area contributed by atoms with E-state index in [1.54, 1.807) is 13.3 Å². The molecule has 0 saturated carbocycles. The van der Waals surface area contributed by atoms with Gasteiger partial charge in [0.15, 0.2) is 0 Å². The van der Waals surface area contributed by atoms with Gasteiger partial charge in [-0.05, 0) is 36.6 Å². The summed E-state index contributed by atoms with van der Waals surface area (Å²) in [5, 5.41) is 0. The summed E-state index contributed by atoms with van der Waals surface area (Å²) in [5.41, 5.74) is 5.02. The van der Waals surface area contributed by atoms with Crippen LogP contribution in [0.3, 0.4) is 0 Å². The molecule has 2 aromatic rings.